The van der Waals surface area contributed by atoms with Crippen molar-refractivity contribution in [3.63, 3.8) is 0 Å². The quantitative estimate of drug-likeness (QED) is 0.849. The second-order valence-electron chi connectivity index (χ2n) is 7.68. The fourth-order valence-corrected chi connectivity index (χ4v) is 2.56. The molecule has 0 aromatic heterocycles. The number of carbonyl (C=O) groups is 1. The number of carbonyl (C=O) groups excluding carboxylic acids is 1. The van der Waals surface area contributed by atoms with Gasteiger partial charge in [-0.3, -0.25) is 4.79 Å². The number of alkyl halides is 3. The van der Waals surface area contributed by atoms with Crippen molar-refractivity contribution in [3.05, 3.63) is 29.3 Å². The fraction of sp³-hybridized carbons (Fsp3) is 0.588. The van der Waals surface area contributed by atoms with Gasteiger partial charge in [0.1, 0.15) is 0 Å². The molecular formula is C17H21BF3NO3. The Morgan fingerprint density at radius 1 is 1.12 bits per heavy atom. The number of rotatable bonds is 3. The first-order valence-corrected chi connectivity index (χ1v) is 8.28. The summed E-state index contributed by atoms with van der Waals surface area (Å²) in [6.07, 6.45) is -2.85. The summed E-state index contributed by atoms with van der Waals surface area (Å²) >= 11 is 0. The van der Waals surface area contributed by atoms with Crippen LogP contribution in [0.4, 0.5) is 13.2 Å². The maximum Gasteiger partial charge on any atom is 0.494 e. The Balaban J connectivity index is 1.97. The van der Waals surface area contributed by atoms with Crippen molar-refractivity contribution in [1.29, 1.82) is 0 Å². The van der Waals surface area contributed by atoms with E-state index < -0.39 is 36.0 Å². The van der Waals surface area contributed by atoms with Gasteiger partial charge in [-0.15, -0.1) is 0 Å². The van der Waals surface area contributed by atoms with E-state index in [1.165, 1.54) is 6.07 Å². The topological polar surface area (TPSA) is 47.6 Å². The molecule has 3 rings (SSSR count). The van der Waals surface area contributed by atoms with Gasteiger partial charge in [-0.05, 0) is 58.1 Å². The Morgan fingerprint density at radius 3 is 2.16 bits per heavy atom. The lowest BCUT2D eigenvalue weighted by atomic mass is 9.77. The van der Waals surface area contributed by atoms with Gasteiger partial charge in [0.15, 0.2) is 0 Å². The highest BCUT2D eigenvalue weighted by Crippen LogP contribution is 2.37. The molecule has 2 aliphatic rings. The molecule has 1 aliphatic carbocycles. The van der Waals surface area contributed by atoms with Crippen LogP contribution in [0.3, 0.4) is 0 Å². The summed E-state index contributed by atoms with van der Waals surface area (Å²) in [5.41, 5.74) is -2.09. The van der Waals surface area contributed by atoms with Crippen LogP contribution < -0.4 is 10.8 Å². The van der Waals surface area contributed by atoms with Crippen molar-refractivity contribution in [2.45, 2.75) is 64.0 Å². The van der Waals surface area contributed by atoms with Crippen LogP contribution in [0, 0.1) is 0 Å². The van der Waals surface area contributed by atoms with Gasteiger partial charge in [-0.25, -0.2) is 0 Å². The lowest BCUT2D eigenvalue weighted by Gasteiger charge is -2.32. The molecule has 0 spiro atoms. The van der Waals surface area contributed by atoms with Crippen LogP contribution in [0.2, 0.25) is 0 Å². The van der Waals surface area contributed by atoms with Gasteiger partial charge in [0.2, 0.25) is 0 Å². The molecule has 2 fully saturated rings. The summed E-state index contributed by atoms with van der Waals surface area (Å²) in [5, 5.41) is 2.71. The summed E-state index contributed by atoms with van der Waals surface area (Å²) in [6.45, 7) is 7.28. The normalized spacial score (nSPS) is 22.1. The van der Waals surface area contributed by atoms with Crippen molar-refractivity contribution < 1.29 is 27.3 Å². The molecule has 0 radical (unpaired) electrons. The molecular weight excluding hydrogens is 334 g/mol. The highest BCUT2D eigenvalue weighted by atomic mass is 19.4. The smallest absolute Gasteiger partial charge is 0.399 e. The summed E-state index contributed by atoms with van der Waals surface area (Å²) in [4.78, 5) is 12.2. The second kappa shape index (κ2) is 5.74. The molecule has 0 atom stereocenters. The number of hydrogen-bond acceptors (Lipinski definition) is 3. The van der Waals surface area contributed by atoms with Gasteiger partial charge in [-0.2, -0.15) is 13.2 Å². The van der Waals surface area contributed by atoms with Gasteiger partial charge < -0.3 is 14.6 Å². The molecule has 1 N–H and O–H groups in total. The monoisotopic (exact) mass is 355 g/mol. The van der Waals surface area contributed by atoms with Gasteiger partial charge in [-0.1, -0.05) is 6.07 Å². The molecule has 1 amide bonds. The minimum Gasteiger partial charge on any atom is -0.399 e. The molecule has 1 aliphatic heterocycles. The van der Waals surface area contributed by atoms with Crippen LogP contribution in [-0.2, 0) is 15.5 Å². The van der Waals surface area contributed by atoms with Gasteiger partial charge in [0, 0.05) is 11.6 Å². The van der Waals surface area contributed by atoms with Crippen LogP contribution in [0.5, 0.6) is 0 Å². The highest BCUT2D eigenvalue weighted by molar-refractivity contribution is 6.62. The van der Waals surface area contributed by atoms with Crippen LogP contribution in [0.25, 0.3) is 0 Å². The molecule has 25 heavy (non-hydrogen) atoms. The predicted molar refractivity (Wildman–Crippen MR) is 87.6 cm³/mol. The van der Waals surface area contributed by atoms with E-state index in [0.29, 0.717) is 0 Å². The van der Waals surface area contributed by atoms with Crippen molar-refractivity contribution in [2.75, 3.05) is 0 Å². The van der Waals surface area contributed by atoms with Crippen molar-refractivity contribution in [3.8, 4) is 0 Å². The summed E-state index contributed by atoms with van der Waals surface area (Å²) in [7, 11) is -0.959. The first kappa shape index (κ1) is 18.3. The zero-order valence-electron chi connectivity index (χ0n) is 14.7. The molecule has 1 heterocycles. The number of halogens is 3. The SMILES string of the molecule is CC1(C)OB(c2cc(C(=O)NC3CC3)cc(C(F)(F)F)c2)OC1(C)C. The zero-order valence-corrected chi connectivity index (χ0v) is 14.7. The Hall–Kier alpha value is -1.54. The third-order valence-electron chi connectivity index (χ3n) is 4.98. The number of nitrogens with one attached hydrogen (secondary N) is 1. The standard InChI is InChI=1S/C17H21BF3NO3/c1-15(2)16(3,4)25-18(24-15)12-8-10(14(23)22-13-5-6-13)7-11(9-12)17(19,20)21/h7-9,13H,5-6H2,1-4H3,(H,22,23). The molecule has 0 bridgehead atoms. The number of hydrogen-bond donors (Lipinski definition) is 1. The minimum atomic E-state index is -4.56. The first-order chi connectivity index (χ1) is 11.4. The van der Waals surface area contributed by atoms with E-state index in [2.05, 4.69) is 5.32 Å². The average molecular weight is 355 g/mol. The first-order valence-electron chi connectivity index (χ1n) is 8.28. The molecule has 1 aromatic carbocycles. The molecule has 136 valence electrons. The van der Waals surface area contributed by atoms with Gasteiger partial charge in [0.25, 0.3) is 5.91 Å². The number of benzene rings is 1. The van der Waals surface area contributed by atoms with E-state index in [0.717, 1.165) is 25.0 Å². The van der Waals surface area contributed by atoms with E-state index in [9.17, 15) is 18.0 Å². The predicted octanol–water partition coefficient (Wildman–Crippen LogP) is 2.90. The Bertz CT molecular complexity index is 683. The summed E-state index contributed by atoms with van der Waals surface area (Å²) < 4.78 is 51.4. The van der Waals surface area contributed by atoms with Crippen molar-refractivity contribution in [1.82, 2.24) is 5.32 Å². The van der Waals surface area contributed by atoms with Crippen molar-refractivity contribution >= 4 is 18.5 Å². The van der Waals surface area contributed by atoms with E-state index in [1.807, 2.05) is 27.7 Å². The van der Waals surface area contributed by atoms with Gasteiger partial charge in [0.05, 0.1) is 16.8 Å². The maximum atomic E-state index is 13.3. The van der Waals surface area contributed by atoms with E-state index in [1.54, 1.807) is 0 Å². The van der Waals surface area contributed by atoms with Crippen molar-refractivity contribution in [2.24, 2.45) is 0 Å². The lowest BCUT2D eigenvalue weighted by Crippen LogP contribution is -2.41. The molecule has 1 aromatic rings. The van der Waals surface area contributed by atoms with Crippen LogP contribution in [-0.4, -0.2) is 30.3 Å². The average Bonchev–Trinajstić information content (AvgIpc) is 3.24. The van der Waals surface area contributed by atoms with E-state index in [4.69, 9.17) is 9.31 Å². The summed E-state index contributed by atoms with van der Waals surface area (Å²) in [5.74, 6) is -0.508. The largest absolute Gasteiger partial charge is 0.494 e. The third-order valence-corrected chi connectivity index (χ3v) is 4.98. The molecule has 1 saturated carbocycles. The second-order valence-corrected chi connectivity index (χ2v) is 7.68. The third kappa shape index (κ3) is 3.69. The van der Waals surface area contributed by atoms with Crippen LogP contribution >= 0.6 is 0 Å². The number of amides is 1. The Labute approximate surface area is 145 Å². The van der Waals surface area contributed by atoms with E-state index in [-0.39, 0.29) is 17.1 Å². The Morgan fingerprint density at radius 2 is 1.68 bits per heavy atom. The van der Waals surface area contributed by atoms with E-state index >= 15 is 0 Å². The fourth-order valence-electron chi connectivity index (χ4n) is 2.56. The van der Waals surface area contributed by atoms with Crippen LogP contribution in [0.1, 0.15) is 56.5 Å². The van der Waals surface area contributed by atoms with Gasteiger partial charge >= 0.3 is 13.3 Å². The van der Waals surface area contributed by atoms with Crippen LogP contribution in [0.15, 0.2) is 18.2 Å². The molecule has 8 heteroatoms. The zero-order chi connectivity index (χ0) is 18.6. The molecule has 1 saturated heterocycles. The maximum absolute atomic E-state index is 13.3. The lowest BCUT2D eigenvalue weighted by molar-refractivity contribution is -0.137. The summed E-state index contributed by atoms with van der Waals surface area (Å²) in [6, 6.07) is 3.32. The molecule has 0 unspecified atom stereocenters. The Kier molecular flexibility index (Phi) is 4.19. The minimum absolute atomic E-state index is 0.0357. The highest BCUT2D eigenvalue weighted by Gasteiger charge is 2.52. The molecule has 4 nitrogen and oxygen atoms in total.